The van der Waals surface area contributed by atoms with Gasteiger partial charge < -0.3 is 9.80 Å². The molecule has 142 valence electrons. The van der Waals surface area contributed by atoms with Crippen LogP contribution in [0.25, 0.3) is 0 Å². The minimum atomic E-state index is -0.0521. The van der Waals surface area contributed by atoms with Gasteiger partial charge >= 0.3 is 0 Å². The van der Waals surface area contributed by atoms with E-state index in [-0.39, 0.29) is 17.7 Å². The number of amides is 2. The summed E-state index contributed by atoms with van der Waals surface area (Å²) >= 11 is 0. The van der Waals surface area contributed by atoms with Gasteiger partial charge in [-0.2, -0.15) is 0 Å². The maximum atomic E-state index is 12.9. The number of likely N-dealkylation sites (tertiary alicyclic amines) is 1. The van der Waals surface area contributed by atoms with Crippen molar-refractivity contribution in [3.05, 3.63) is 35.4 Å². The van der Waals surface area contributed by atoms with Crippen molar-refractivity contribution in [2.24, 2.45) is 5.92 Å². The summed E-state index contributed by atoms with van der Waals surface area (Å²) in [5.41, 5.74) is 1.86. The summed E-state index contributed by atoms with van der Waals surface area (Å²) in [6.45, 7) is 11.2. The number of aryl methyl sites for hydroxylation is 1. The number of nitrogens with zero attached hydrogens (tertiary/aromatic N) is 3. The van der Waals surface area contributed by atoms with Crippen LogP contribution in [0.3, 0.4) is 0 Å². The Morgan fingerprint density at radius 1 is 0.962 bits per heavy atom. The third-order valence-electron chi connectivity index (χ3n) is 5.71. The maximum absolute atomic E-state index is 12.9. The molecule has 0 aliphatic carbocycles. The van der Waals surface area contributed by atoms with Crippen LogP contribution in [0.15, 0.2) is 24.3 Å². The minimum Gasteiger partial charge on any atom is -0.340 e. The first kappa shape index (κ1) is 18.9. The van der Waals surface area contributed by atoms with Crippen molar-refractivity contribution in [3.8, 4) is 0 Å². The van der Waals surface area contributed by atoms with Gasteiger partial charge in [-0.1, -0.05) is 17.7 Å². The van der Waals surface area contributed by atoms with Crippen LogP contribution in [-0.4, -0.2) is 71.8 Å². The lowest BCUT2D eigenvalue weighted by atomic mass is 9.95. The fourth-order valence-electron chi connectivity index (χ4n) is 3.96. The van der Waals surface area contributed by atoms with Crippen LogP contribution in [0.5, 0.6) is 0 Å². The van der Waals surface area contributed by atoms with Gasteiger partial charge in [0.25, 0.3) is 5.91 Å². The Morgan fingerprint density at radius 3 is 2.23 bits per heavy atom. The van der Waals surface area contributed by atoms with Gasteiger partial charge in [-0.05, 0) is 45.7 Å². The van der Waals surface area contributed by atoms with E-state index in [0.717, 1.165) is 51.1 Å². The average molecular weight is 357 g/mol. The Bertz CT molecular complexity index is 633. The van der Waals surface area contributed by atoms with Crippen LogP contribution < -0.4 is 0 Å². The van der Waals surface area contributed by atoms with Crippen molar-refractivity contribution < 1.29 is 9.59 Å². The summed E-state index contributed by atoms with van der Waals surface area (Å²) in [5, 5.41) is 0. The quantitative estimate of drug-likeness (QED) is 0.834. The molecule has 1 atom stereocenters. The second-order valence-electron chi connectivity index (χ2n) is 7.91. The zero-order valence-corrected chi connectivity index (χ0v) is 16.3. The topological polar surface area (TPSA) is 43.9 Å². The van der Waals surface area contributed by atoms with E-state index < -0.39 is 0 Å². The van der Waals surface area contributed by atoms with Gasteiger partial charge in [0.15, 0.2) is 0 Å². The molecule has 0 aromatic heterocycles. The Kier molecular flexibility index (Phi) is 5.97. The summed E-state index contributed by atoms with van der Waals surface area (Å²) in [4.78, 5) is 32.0. The van der Waals surface area contributed by atoms with Crippen molar-refractivity contribution in [2.75, 3.05) is 39.3 Å². The van der Waals surface area contributed by atoms with E-state index in [1.165, 1.54) is 0 Å². The van der Waals surface area contributed by atoms with Crippen molar-refractivity contribution in [2.45, 2.75) is 39.7 Å². The van der Waals surface area contributed by atoms with Gasteiger partial charge in [-0.25, -0.2) is 0 Å². The van der Waals surface area contributed by atoms with E-state index in [0.29, 0.717) is 18.2 Å². The molecule has 1 aromatic rings. The van der Waals surface area contributed by atoms with Crippen molar-refractivity contribution in [3.63, 3.8) is 0 Å². The molecule has 0 radical (unpaired) electrons. The Balaban J connectivity index is 1.58. The van der Waals surface area contributed by atoms with Crippen LogP contribution in [0.2, 0.25) is 0 Å². The maximum Gasteiger partial charge on any atom is 0.253 e. The lowest BCUT2D eigenvalue weighted by Gasteiger charge is -2.40. The van der Waals surface area contributed by atoms with Crippen LogP contribution in [-0.2, 0) is 4.79 Å². The molecule has 2 saturated heterocycles. The zero-order chi connectivity index (χ0) is 18.7. The fraction of sp³-hybridized carbons (Fsp3) is 0.619. The molecule has 2 aliphatic heterocycles. The van der Waals surface area contributed by atoms with E-state index in [4.69, 9.17) is 0 Å². The highest BCUT2D eigenvalue weighted by Gasteiger charge is 2.33. The molecule has 5 heteroatoms. The SMILES string of the molecule is Cc1ccc(C(=O)N2CCCC(C(=O)N3CCN(C(C)C)CC3)C2)cc1. The van der Waals surface area contributed by atoms with Gasteiger partial charge in [0.1, 0.15) is 0 Å². The van der Waals surface area contributed by atoms with Gasteiger partial charge in [-0.3, -0.25) is 14.5 Å². The lowest BCUT2D eigenvalue weighted by Crippen LogP contribution is -2.54. The summed E-state index contributed by atoms with van der Waals surface area (Å²) < 4.78 is 0. The predicted octanol–water partition coefficient (Wildman–Crippen LogP) is 2.40. The summed E-state index contributed by atoms with van der Waals surface area (Å²) in [6, 6.07) is 8.23. The van der Waals surface area contributed by atoms with Crippen molar-refractivity contribution in [1.29, 1.82) is 0 Å². The summed E-state index contributed by atoms with van der Waals surface area (Å²) in [7, 11) is 0. The largest absolute Gasteiger partial charge is 0.340 e. The first-order chi connectivity index (χ1) is 12.5. The molecule has 2 amide bonds. The zero-order valence-electron chi connectivity index (χ0n) is 16.3. The number of hydrogen-bond acceptors (Lipinski definition) is 3. The molecule has 2 heterocycles. The van der Waals surface area contributed by atoms with E-state index in [9.17, 15) is 9.59 Å². The van der Waals surface area contributed by atoms with E-state index >= 15 is 0 Å². The van der Waals surface area contributed by atoms with Crippen molar-refractivity contribution in [1.82, 2.24) is 14.7 Å². The predicted molar refractivity (Wildman–Crippen MR) is 103 cm³/mol. The Morgan fingerprint density at radius 2 is 1.62 bits per heavy atom. The molecule has 1 aromatic carbocycles. The molecule has 0 bridgehead atoms. The molecule has 2 aliphatic rings. The van der Waals surface area contributed by atoms with Crippen LogP contribution in [0, 0.1) is 12.8 Å². The number of hydrogen-bond donors (Lipinski definition) is 0. The summed E-state index contributed by atoms with van der Waals surface area (Å²) in [5.74, 6) is 0.227. The van der Waals surface area contributed by atoms with Gasteiger partial charge in [0, 0.05) is 50.9 Å². The van der Waals surface area contributed by atoms with Crippen LogP contribution in [0.1, 0.15) is 42.6 Å². The Hall–Kier alpha value is -1.88. The van der Waals surface area contributed by atoms with Crippen molar-refractivity contribution >= 4 is 11.8 Å². The third-order valence-corrected chi connectivity index (χ3v) is 5.71. The van der Waals surface area contributed by atoms with E-state index in [1.807, 2.05) is 41.0 Å². The van der Waals surface area contributed by atoms with E-state index in [2.05, 4.69) is 18.7 Å². The number of carbonyl (C=O) groups excluding carboxylic acids is 2. The molecule has 0 N–H and O–H groups in total. The average Bonchev–Trinajstić information content (AvgIpc) is 2.67. The number of carbonyl (C=O) groups is 2. The number of rotatable bonds is 3. The normalized spacial score (nSPS) is 21.9. The molecule has 3 rings (SSSR count). The van der Waals surface area contributed by atoms with Crippen LogP contribution >= 0.6 is 0 Å². The lowest BCUT2D eigenvalue weighted by molar-refractivity contribution is -0.139. The Labute approximate surface area is 156 Å². The summed E-state index contributed by atoms with van der Waals surface area (Å²) in [6.07, 6.45) is 1.79. The number of piperidine rings is 1. The molecular weight excluding hydrogens is 326 g/mol. The minimum absolute atomic E-state index is 0.0483. The highest BCUT2D eigenvalue weighted by molar-refractivity contribution is 5.94. The van der Waals surface area contributed by atoms with Gasteiger partial charge in [0.05, 0.1) is 5.92 Å². The molecule has 1 unspecified atom stereocenters. The molecular formula is C21H31N3O2. The van der Waals surface area contributed by atoms with Crippen LogP contribution in [0.4, 0.5) is 0 Å². The first-order valence-electron chi connectivity index (χ1n) is 9.84. The molecule has 0 spiro atoms. The standard InChI is InChI=1S/C21H31N3O2/c1-16(2)22-11-13-23(14-12-22)21(26)19-5-4-10-24(15-19)20(25)18-8-6-17(3)7-9-18/h6-9,16,19H,4-5,10-15H2,1-3H3. The molecule has 0 saturated carbocycles. The molecule has 2 fully saturated rings. The molecule has 26 heavy (non-hydrogen) atoms. The highest BCUT2D eigenvalue weighted by atomic mass is 16.2. The number of benzene rings is 1. The number of piperazine rings is 1. The third kappa shape index (κ3) is 4.26. The first-order valence-corrected chi connectivity index (χ1v) is 9.84. The fourth-order valence-corrected chi connectivity index (χ4v) is 3.96. The monoisotopic (exact) mass is 357 g/mol. The highest BCUT2D eigenvalue weighted by Crippen LogP contribution is 2.22. The second-order valence-corrected chi connectivity index (χ2v) is 7.91. The molecule has 5 nitrogen and oxygen atoms in total. The van der Waals surface area contributed by atoms with Gasteiger partial charge in [0.2, 0.25) is 5.91 Å². The smallest absolute Gasteiger partial charge is 0.253 e. The van der Waals surface area contributed by atoms with Gasteiger partial charge in [-0.15, -0.1) is 0 Å². The second kappa shape index (κ2) is 8.21. The van der Waals surface area contributed by atoms with E-state index in [1.54, 1.807) is 0 Å².